The van der Waals surface area contributed by atoms with Crippen molar-refractivity contribution >= 4 is 15.8 Å². The number of esters is 1. The largest absolute Gasteiger partial charge is 0.456 e. The van der Waals surface area contributed by atoms with Crippen molar-refractivity contribution in [2.24, 2.45) is 5.73 Å². The van der Waals surface area contributed by atoms with Crippen LogP contribution in [-0.4, -0.2) is 51.4 Å². The van der Waals surface area contributed by atoms with Crippen LogP contribution in [0.25, 0.3) is 0 Å². The third-order valence-corrected chi connectivity index (χ3v) is 9.48. The first-order valence-corrected chi connectivity index (χ1v) is 15.4. The molecule has 7 nitrogen and oxygen atoms in total. The van der Waals surface area contributed by atoms with E-state index in [1.54, 1.807) is 0 Å². The van der Waals surface area contributed by atoms with Crippen molar-refractivity contribution in [3.63, 3.8) is 0 Å². The minimum atomic E-state index is -3.64. The number of ether oxygens (including phenoxy) is 1. The lowest BCUT2D eigenvalue weighted by molar-refractivity contribution is 0.0238. The molecule has 0 amide bonds. The van der Waals surface area contributed by atoms with Gasteiger partial charge in [0.2, 0.25) is 0 Å². The number of nitrogens with two attached hydrogens (primary N) is 1. The fourth-order valence-electron chi connectivity index (χ4n) is 5.01. The second kappa shape index (κ2) is 14.1. The highest BCUT2D eigenvalue weighted by Crippen LogP contribution is 2.23. The number of hydrogen-bond acceptors (Lipinski definition) is 7. The van der Waals surface area contributed by atoms with E-state index in [4.69, 9.17) is 10.5 Å². The summed E-state index contributed by atoms with van der Waals surface area (Å²) in [5, 5.41) is 5.82. The van der Waals surface area contributed by atoms with Crippen LogP contribution in [0.1, 0.15) is 46.8 Å². The summed E-state index contributed by atoms with van der Waals surface area (Å²) in [5.41, 5.74) is 9.09. The molecule has 0 aliphatic carbocycles. The zero-order chi connectivity index (χ0) is 29.4. The molecule has 41 heavy (non-hydrogen) atoms. The molecule has 3 atom stereocenters. The Morgan fingerprint density at radius 1 is 1.05 bits per heavy atom. The van der Waals surface area contributed by atoms with Crippen molar-refractivity contribution in [1.29, 1.82) is 0 Å². The topological polar surface area (TPSA) is 111 Å². The molecule has 3 aromatic rings. The summed E-state index contributed by atoms with van der Waals surface area (Å²) in [6.07, 6.45) is 1.40. The van der Waals surface area contributed by atoms with E-state index < -0.39 is 44.8 Å². The Labute approximate surface area is 240 Å². The summed E-state index contributed by atoms with van der Waals surface area (Å²) >= 11 is 0. The zero-order valence-electron chi connectivity index (χ0n) is 23.1. The lowest BCUT2D eigenvalue weighted by atomic mass is 10.0. The molecule has 0 aromatic heterocycles. The van der Waals surface area contributed by atoms with E-state index in [1.165, 1.54) is 42.0 Å². The SMILES string of the molecule is CCc1cccc(CNC[C@@H](OC(=O)c2cccc(S(=O)(=O)C3CCCNC3)c2)[C@@H](N)Cc2cc(F)cc(F)c2)c1. The molecule has 1 fully saturated rings. The van der Waals surface area contributed by atoms with E-state index in [0.717, 1.165) is 31.0 Å². The molecule has 10 heteroatoms. The van der Waals surface area contributed by atoms with E-state index in [2.05, 4.69) is 23.6 Å². The number of halogens is 2. The number of benzene rings is 3. The molecule has 1 aliphatic heterocycles. The van der Waals surface area contributed by atoms with Crippen molar-refractivity contribution in [2.75, 3.05) is 19.6 Å². The maximum Gasteiger partial charge on any atom is 0.338 e. The molecule has 220 valence electrons. The zero-order valence-corrected chi connectivity index (χ0v) is 23.9. The van der Waals surface area contributed by atoms with Crippen molar-refractivity contribution in [2.45, 2.75) is 61.4 Å². The Hall–Kier alpha value is -3.18. The Balaban J connectivity index is 1.50. The van der Waals surface area contributed by atoms with Crippen LogP contribution in [0.15, 0.2) is 71.6 Å². The normalized spacial score (nSPS) is 17.1. The van der Waals surface area contributed by atoms with Crippen LogP contribution in [0.3, 0.4) is 0 Å². The molecule has 1 heterocycles. The number of piperidine rings is 1. The third kappa shape index (κ3) is 8.42. The average Bonchev–Trinajstić information content (AvgIpc) is 2.96. The predicted octanol–water partition coefficient (Wildman–Crippen LogP) is 3.94. The van der Waals surface area contributed by atoms with Crippen LogP contribution in [0, 0.1) is 11.6 Å². The Kier molecular flexibility index (Phi) is 10.6. The van der Waals surface area contributed by atoms with E-state index in [1.807, 2.05) is 18.2 Å². The van der Waals surface area contributed by atoms with Crippen LogP contribution < -0.4 is 16.4 Å². The van der Waals surface area contributed by atoms with Gasteiger partial charge >= 0.3 is 5.97 Å². The number of rotatable bonds is 12. The van der Waals surface area contributed by atoms with Gasteiger partial charge in [-0.1, -0.05) is 37.3 Å². The number of sulfone groups is 1. The lowest BCUT2D eigenvalue weighted by Gasteiger charge is -2.25. The molecule has 0 spiro atoms. The highest BCUT2D eigenvalue weighted by atomic mass is 32.2. The average molecular weight is 586 g/mol. The fourth-order valence-corrected chi connectivity index (χ4v) is 6.77. The van der Waals surface area contributed by atoms with Gasteiger partial charge in [0, 0.05) is 31.7 Å². The number of aryl methyl sites for hydroxylation is 1. The van der Waals surface area contributed by atoms with Gasteiger partial charge in [-0.3, -0.25) is 0 Å². The second-order valence-electron chi connectivity index (χ2n) is 10.4. The fraction of sp³-hybridized carbons (Fsp3) is 0.387. The Bertz CT molecular complexity index is 1420. The minimum absolute atomic E-state index is 0.0583. The summed E-state index contributed by atoms with van der Waals surface area (Å²) in [6.45, 7) is 3.88. The Morgan fingerprint density at radius 3 is 2.49 bits per heavy atom. The number of carbonyl (C=O) groups excluding carboxylic acids is 1. The molecule has 1 unspecified atom stereocenters. The first-order valence-electron chi connectivity index (χ1n) is 13.9. The highest BCUT2D eigenvalue weighted by Gasteiger charge is 2.30. The van der Waals surface area contributed by atoms with Crippen molar-refractivity contribution in [1.82, 2.24) is 10.6 Å². The van der Waals surface area contributed by atoms with Gasteiger partial charge in [-0.2, -0.15) is 0 Å². The predicted molar refractivity (Wildman–Crippen MR) is 154 cm³/mol. The second-order valence-corrected chi connectivity index (χ2v) is 12.7. The third-order valence-electron chi connectivity index (χ3n) is 7.29. The molecule has 4 rings (SSSR count). The summed E-state index contributed by atoms with van der Waals surface area (Å²) in [4.78, 5) is 13.3. The number of hydrogen-bond donors (Lipinski definition) is 3. The van der Waals surface area contributed by atoms with Crippen molar-refractivity contribution in [3.05, 3.63) is 101 Å². The summed E-state index contributed by atoms with van der Waals surface area (Å²) in [5.74, 6) is -2.17. The monoisotopic (exact) mass is 585 g/mol. The van der Waals surface area contributed by atoms with Gasteiger partial charge in [0.25, 0.3) is 0 Å². The molecule has 0 radical (unpaired) electrons. The van der Waals surface area contributed by atoms with E-state index in [0.29, 0.717) is 25.1 Å². The maximum atomic E-state index is 13.8. The van der Waals surface area contributed by atoms with Crippen LogP contribution >= 0.6 is 0 Å². The van der Waals surface area contributed by atoms with Gasteiger partial charge < -0.3 is 21.1 Å². The van der Waals surface area contributed by atoms with Gasteiger partial charge in [0.05, 0.1) is 15.7 Å². The molecule has 4 N–H and O–H groups in total. The van der Waals surface area contributed by atoms with Gasteiger partial charge in [-0.15, -0.1) is 0 Å². The Morgan fingerprint density at radius 2 is 1.78 bits per heavy atom. The minimum Gasteiger partial charge on any atom is -0.456 e. The van der Waals surface area contributed by atoms with E-state index in [9.17, 15) is 22.0 Å². The first-order chi connectivity index (χ1) is 19.7. The van der Waals surface area contributed by atoms with Crippen LogP contribution in [-0.2, 0) is 34.0 Å². The molecule has 1 aliphatic rings. The molecular weight excluding hydrogens is 548 g/mol. The van der Waals surface area contributed by atoms with Crippen LogP contribution in [0.4, 0.5) is 8.78 Å². The van der Waals surface area contributed by atoms with Crippen LogP contribution in [0.5, 0.6) is 0 Å². The number of carbonyl (C=O) groups is 1. The first kappa shape index (κ1) is 30.8. The van der Waals surface area contributed by atoms with Gasteiger partial charge in [-0.25, -0.2) is 22.0 Å². The van der Waals surface area contributed by atoms with Gasteiger partial charge in [0.1, 0.15) is 17.7 Å². The van der Waals surface area contributed by atoms with E-state index in [-0.39, 0.29) is 23.4 Å². The molecule has 1 saturated heterocycles. The molecule has 3 aromatic carbocycles. The molecule has 0 saturated carbocycles. The van der Waals surface area contributed by atoms with Gasteiger partial charge in [-0.05, 0) is 79.3 Å². The van der Waals surface area contributed by atoms with Crippen LogP contribution in [0.2, 0.25) is 0 Å². The summed E-state index contributed by atoms with van der Waals surface area (Å²) < 4.78 is 59.8. The van der Waals surface area contributed by atoms with Crippen molar-refractivity contribution < 1.29 is 26.7 Å². The quantitative estimate of drug-likeness (QED) is 0.276. The summed E-state index contributed by atoms with van der Waals surface area (Å²) in [7, 11) is -3.64. The standard InChI is InChI=1S/C31H37F2N3O4S/c1-2-21-6-3-7-22(12-21)18-36-20-30(29(34)15-23-13-25(32)17-26(33)14-23)40-31(37)24-8-4-9-27(16-24)41(38,39)28-10-5-11-35-19-28/h3-4,6-9,12-14,16-17,28-30,35-36H,2,5,10-11,15,18-20,34H2,1H3/t28?,29-,30+/m0/s1. The van der Waals surface area contributed by atoms with Gasteiger partial charge in [0.15, 0.2) is 9.84 Å². The smallest absolute Gasteiger partial charge is 0.338 e. The highest BCUT2D eigenvalue weighted by molar-refractivity contribution is 7.92. The number of nitrogens with one attached hydrogen (secondary N) is 2. The molecule has 0 bridgehead atoms. The summed E-state index contributed by atoms with van der Waals surface area (Å²) in [6, 6.07) is 16.3. The maximum absolute atomic E-state index is 13.8. The molecular formula is C31H37F2N3O4S. The van der Waals surface area contributed by atoms with E-state index >= 15 is 0 Å². The van der Waals surface area contributed by atoms with Crippen molar-refractivity contribution in [3.8, 4) is 0 Å². The lowest BCUT2D eigenvalue weighted by Crippen LogP contribution is -2.46.